The predicted octanol–water partition coefficient (Wildman–Crippen LogP) is 2.06. The zero-order valence-electron chi connectivity index (χ0n) is 10.8. The van der Waals surface area contributed by atoms with E-state index < -0.39 is 6.10 Å². The number of carbonyl (C=O) groups is 1. The van der Waals surface area contributed by atoms with Gasteiger partial charge in [-0.3, -0.25) is 4.79 Å². The van der Waals surface area contributed by atoms with Crippen molar-refractivity contribution in [2.24, 2.45) is 0 Å². The Kier molecular flexibility index (Phi) is 7.62. The first-order chi connectivity index (χ1) is 9.18. The molecule has 1 unspecified atom stereocenters. The fourth-order valence-corrected chi connectivity index (χ4v) is 2.32. The predicted molar refractivity (Wildman–Crippen MR) is 83.0 cm³/mol. The third-order valence-electron chi connectivity index (χ3n) is 2.95. The van der Waals surface area contributed by atoms with Crippen LogP contribution in [0.2, 0.25) is 10.0 Å². The van der Waals surface area contributed by atoms with Crippen molar-refractivity contribution in [2.75, 3.05) is 26.2 Å². The molecule has 0 aliphatic carbocycles. The van der Waals surface area contributed by atoms with Gasteiger partial charge in [0.1, 0.15) is 6.10 Å². The number of rotatable bonds is 4. The lowest BCUT2D eigenvalue weighted by atomic mass is 10.1. The lowest BCUT2D eigenvalue weighted by molar-refractivity contribution is -0.134. The second-order valence-corrected chi connectivity index (χ2v) is 5.10. The van der Waals surface area contributed by atoms with Crippen LogP contribution in [0.25, 0.3) is 0 Å². The van der Waals surface area contributed by atoms with Gasteiger partial charge in [-0.15, -0.1) is 12.4 Å². The molecule has 1 fully saturated rings. The van der Waals surface area contributed by atoms with Crippen molar-refractivity contribution in [3.05, 3.63) is 33.8 Å². The van der Waals surface area contributed by atoms with Gasteiger partial charge in [0.25, 0.3) is 0 Å². The number of morpholine rings is 1. The molecule has 1 atom stereocenters. The molecule has 0 aromatic heterocycles. The molecule has 1 saturated heterocycles. The van der Waals surface area contributed by atoms with E-state index in [1.165, 1.54) is 0 Å². The maximum Gasteiger partial charge on any atom is 0.250 e. The third-order valence-corrected chi connectivity index (χ3v) is 3.80. The number of nitrogens with one attached hydrogen (secondary N) is 2. The Balaban J connectivity index is 0.00000200. The number of ether oxygens (including phenoxy) is 1. The summed E-state index contributed by atoms with van der Waals surface area (Å²) in [6, 6.07) is 5.49. The van der Waals surface area contributed by atoms with E-state index in [4.69, 9.17) is 27.9 Å². The molecule has 112 valence electrons. The smallest absolute Gasteiger partial charge is 0.250 e. The molecule has 2 N–H and O–H groups in total. The normalized spacial score (nSPS) is 18.2. The molecule has 0 saturated carbocycles. The summed E-state index contributed by atoms with van der Waals surface area (Å²) < 4.78 is 5.36. The highest BCUT2D eigenvalue weighted by Crippen LogP contribution is 2.25. The molecule has 7 heteroatoms. The van der Waals surface area contributed by atoms with Crippen LogP contribution in [0.1, 0.15) is 5.56 Å². The van der Waals surface area contributed by atoms with Gasteiger partial charge in [-0.25, -0.2) is 0 Å². The molecule has 20 heavy (non-hydrogen) atoms. The van der Waals surface area contributed by atoms with E-state index in [1.54, 1.807) is 6.07 Å². The molecule has 0 bridgehead atoms. The molecule has 1 aromatic rings. The van der Waals surface area contributed by atoms with Gasteiger partial charge >= 0.3 is 0 Å². The van der Waals surface area contributed by atoms with Crippen LogP contribution in [0.15, 0.2) is 18.2 Å². The van der Waals surface area contributed by atoms with Gasteiger partial charge in [-0.2, -0.15) is 0 Å². The van der Waals surface area contributed by atoms with Crippen molar-refractivity contribution in [1.29, 1.82) is 0 Å². The van der Waals surface area contributed by atoms with Crippen molar-refractivity contribution in [3.8, 4) is 0 Å². The van der Waals surface area contributed by atoms with Crippen LogP contribution in [0, 0.1) is 0 Å². The van der Waals surface area contributed by atoms with Gasteiger partial charge in [0.05, 0.1) is 16.7 Å². The fourth-order valence-electron chi connectivity index (χ4n) is 1.91. The number of hydrogen-bond donors (Lipinski definition) is 2. The molecule has 1 heterocycles. The minimum Gasteiger partial charge on any atom is -0.366 e. The summed E-state index contributed by atoms with van der Waals surface area (Å²) in [5.41, 5.74) is 0.928. The molecule has 1 amide bonds. The number of benzene rings is 1. The van der Waals surface area contributed by atoms with Crippen LogP contribution in [0.5, 0.6) is 0 Å². The van der Waals surface area contributed by atoms with Gasteiger partial charge in [0.15, 0.2) is 0 Å². The first-order valence-electron chi connectivity index (χ1n) is 6.21. The number of hydrogen-bond acceptors (Lipinski definition) is 3. The molecule has 1 aliphatic heterocycles. The Bertz CT molecular complexity index is 451. The van der Waals surface area contributed by atoms with E-state index in [9.17, 15) is 4.79 Å². The van der Waals surface area contributed by atoms with E-state index in [2.05, 4.69) is 10.6 Å². The maximum absolute atomic E-state index is 11.8. The first-order valence-corrected chi connectivity index (χ1v) is 6.97. The lowest BCUT2D eigenvalue weighted by Crippen LogP contribution is -2.48. The van der Waals surface area contributed by atoms with Crippen LogP contribution >= 0.6 is 35.6 Å². The average molecular weight is 340 g/mol. The highest BCUT2D eigenvalue weighted by molar-refractivity contribution is 6.42. The molecule has 1 aromatic carbocycles. The van der Waals surface area contributed by atoms with E-state index in [-0.39, 0.29) is 18.3 Å². The number of carbonyl (C=O) groups excluding carboxylic acids is 1. The van der Waals surface area contributed by atoms with E-state index in [0.29, 0.717) is 36.2 Å². The van der Waals surface area contributed by atoms with E-state index in [1.807, 2.05) is 12.1 Å². The highest BCUT2D eigenvalue weighted by Gasteiger charge is 2.21. The minimum absolute atomic E-state index is 0. The molecule has 0 radical (unpaired) electrons. The molecule has 0 spiro atoms. The van der Waals surface area contributed by atoms with Gasteiger partial charge in [-0.1, -0.05) is 35.3 Å². The van der Waals surface area contributed by atoms with E-state index >= 15 is 0 Å². The van der Waals surface area contributed by atoms with Crippen LogP contribution in [0.4, 0.5) is 0 Å². The van der Waals surface area contributed by atoms with Gasteiger partial charge in [0.2, 0.25) is 5.91 Å². The summed E-state index contributed by atoms with van der Waals surface area (Å²) in [5.74, 6) is -0.0923. The summed E-state index contributed by atoms with van der Waals surface area (Å²) in [6.45, 7) is 2.43. The monoisotopic (exact) mass is 338 g/mol. The fraction of sp³-hybridized carbons (Fsp3) is 0.462. The Morgan fingerprint density at radius 1 is 1.45 bits per heavy atom. The Morgan fingerprint density at radius 3 is 2.95 bits per heavy atom. The SMILES string of the molecule is Cl.O=C(NCCc1cccc(Cl)c1Cl)C1CNCCO1. The first kappa shape index (κ1) is 17.5. The maximum atomic E-state index is 11.8. The summed E-state index contributed by atoms with van der Waals surface area (Å²) >= 11 is 12.0. The topological polar surface area (TPSA) is 50.4 Å². The highest BCUT2D eigenvalue weighted by atomic mass is 35.5. The Labute approximate surface area is 134 Å². The lowest BCUT2D eigenvalue weighted by Gasteiger charge is -2.22. The standard InChI is InChI=1S/C13H16Cl2N2O2.ClH/c14-10-3-1-2-9(12(10)15)4-5-17-13(18)11-8-16-6-7-19-11;/h1-3,11,16H,4-8H2,(H,17,18);1H. The molecule has 2 rings (SSSR count). The second kappa shape index (κ2) is 8.70. The Morgan fingerprint density at radius 2 is 2.25 bits per heavy atom. The summed E-state index contributed by atoms with van der Waals surface area (Å²) in [4.78, 5) is 11.8. The average Bonchev–Trinajstić information content (AvgIpc) is 2.44. The van der Waals surface area contributed by atoms with Crippen molar-refractivity contribution in [1.82, 2.24) is 10.6 Å². The van der Waals surface area contributed by atoms with Crippen molar-refractivity contribution < 1.29 is 9.53 Å². The van der Waals surface area contributed by atoms with Gasteiger partial charge < -0.3 is 15.4 Å². The van der Waals surface area contributed by atoms with Crippen LogP contribution in [-0.4, -0.2) is 38.3 Å². The van der Waals surface area contributed by atoms with Crippen molar-refractivity contribution in [2.45, 2.75) is 12.5 Å². The number of halogens is 3. The largest absolute Gasteiger partial charge is 0.366 e. The molecule has 4 nitrogen and oxygen atoms in total. The van der Waals surface area contributed by atoms with Crippen LogP contribution in [0.3, 0.4) is 0 Å². The van der Waals surface area contributed by atoms with Crippen LogP contribution < -0.4 is 10.6 Å². The summed E-state index contributed by atoms with van der Waals surface area (Å²) in [5, 5.41) is 7.04. The molecular weight excluding hydrogens is 323 g/mol. The Hall–Kier alpha value is -0.520. The van der Waals surface area contributed by atoms with Gasteiger partial charge in [0, 0.05) is 19.6 Å². The zero-order valence-corrected chi connectivity index (χ0v) is 13.2. The summed E-state index contributed by atoms with van der Waals surface area (Å²) in [7, 11) is 0. The van der Waals surface area contributed by atoms with Crippen LogP contribution in [-0.2, 0) is 16.0 Å². The quantitative estimate of drug-likeness (QED) is 0.883. The third kappa shape index (κ3) is 4.79. The summed E-state index contributed by atoms with van der Waals surface area (Å²) in [6.07, 6.45) is 0.245. The zero-order chi connectivity index (χ0) is 13.7. The molecule has 1 aliphatic rings. The van der Waals surface area contributed by atoms with Gasteiger partial charge in [-0.05, 0) is 18.1 Å². The van der Waals surface area contributed by atoms with Crippen molar-refractivity contribution in [3.63, 3.8) is 0 Å². The minimum atomic E-state index is -0.399. The molecular formula is C13H17Cl3N2O2. The van der Waals surface area contributed by atoms with E-state index in [0.717, 1.165) is 12.1 Å². The second-order valence-electron chi connectivity index (χ2n) is 4.32. The van der Waals surface area contributed by atoms with Crippen molar-refractivity contribution >= 4 is 41.5 Å². The number of amides is 1.